The number of hydrogen-bond acceptors (Lipinski definition) is 13. The van der Waals surface area contributed by atoms with Crippen molar-refractivity contribution in [3.05, 3.63) is 0 Å². The van der Waals surface area contributed by atoms with Crippen LogP contribution < -0.4 is 0 Å². The average Bonchev–Trinajstić information content (AvgIpc) is 3.31. The van der Waals surface area contributed by atoms with Gasteiger partial charge in [0.2, 0.25) is 0 Å². The van der Waals surface area contributed by atoms with Crippen LogP contribution in [0.1, 0.15) is 87.0 Å². The van der Waals surface area contributed by atoms with Crippen LogP contribution in [0.5, 0.6) is 0 Å². The van der Waals surface area contributed by atoms with Crippen LogP contribution in [-0.2, 0) is 33.3 Å². The summed E-state index contributed by atoms with van der Waals surface area (Å²) < 4.78 is 24.9. The second-order valence-electron chi connectivity index (χ2n) is 17.2. The molecule has 0 aromatic carbocycles. The van der Waals surface area contributed by atoms with E-state index in [2.05, 4.69) is 11.8 Å². The van der Waals surface area contributed by atoms with Crippen LogP contribution in [0.15, 0.2) is 0 Å². The fraction of sp³-hybridized carbons (Fsp3) is 0.917. The zero-order valence-corrected chi connectivity index (χ0v) is 29.7. The molecule has 0 radical (unpaired) electrons. The number of hydrogen-bond donors (Lipinski definition) is 5. The number of esters is 3. The molecule has 1 spiro atoms. The molecule has 276 valence electrons. The van der Waals surface area contributed by atoms with E-state index in [4.69, 9.17) is 18.9 Å². The quantitative estimate of drug-likeness (QED) is 0.202. The highest BCUT2D eigenvalue weighted by Crippen LogP contribution is 2.77. The zero-order chi connectivity index (χ0) is 35.8. The van der Waals surface area contributed by atoms with Crippen LogP contribution in [-0.4, -0.2) is 121 Å². The molecule has 7 rings (SSSR count). The molecule has 5 N–H and O–H groups in total. The lowest BCUT2D eigenvalue weighted by Gasteiger charge is -2.64. The van der Waals surface area contributed by atoms with Gasteiger partial charge in [0.15, 0.2) is 11.9 Å². The predicted molar refractivity (Wildman–Crippen MR) is 170 cm³/mol. The van der Waals surface area contributed by atoms with Crippen molar-refractivity contribution in [1.29, 1.82) is 0 Å². The van der Waals surface area contributed by atoms with Crippen molar-refractivity contribution in [2.45, 2.75) is 146 Å². The molecule has 0 unspecified atom stereocenters. The molecule has 7 fully saturated rings. The van der Waals surface area contributed by atoms with E-state index in [0.29, 0.717) is 25.3 Å². The zero-order valence-electron chi connectivity index (χ0n) is 29.7. The number of rotatable bonds is 5. The summed E-state index contributed by atoms with van der Waals surface area (Å²) in [5, 5.41) is 62.3. The molecule has 4 aliphatic carbocycles. The van der Waals surface area contributed by atoms with Crippen molar-refractivity contribution in [2.24, 2.45) is 46.8 Å². The van der Waals surface area contributed by atoms with Crippen LogP contribution >= 0.6 is 0 Å². The molecule has 4 saturated carbocycles. The summed E-state index contributed by atoms with van der Waals surface area (Å²) in [4.78, 5) is 41.5. The third kappa shape index (κ3) is 4.51. The maximum Gasteiger partial charge on any atom is 0.309 e. The summed E-state index contributed by atoms with van der Waals surface area (Å²) in [6.07, 6.45) is -4.60. The lowest BCUT2D eigenvalue weighted by atomic mass is 9.48. The molecule has 3 aliphatic heterocycles. The van der Waals surface area contributed by atoms with Crippen molar-refractivity contribution in [1.82, 2.24) is 4.90 Å². The van der Waals surface area contributed by atoms with Crippen LogP contribution in [0.4, 0.5) is 0 Å². The van der Waals surface area contributed by atoms with Gasteiger partial charge < -0.3 is 44.5 Å². The van der Waals surface area contributed by atoms with E-state index in [1.165, 1.54) is 13.8 Å². The number of fused-ring (bicyclic) bond motifs is 5. The van der Waals surface area contributed by atoms with Crippen molar-refractivity contribution in [2.75, 3.05) is 13.1 Å². The highest BCUT2D eigenvalue weighted by molar-refractivity contribution is 5.72. The minimum Gasteiger partial charge on any atom is -0.458 e. The number of carbonyl (C=O) groups is 3. The average molecular weight is 694 g/mol. The van der Waals surface area contributed by atoms with Crippen LogP contribution in [0.2, 0.25) is 0 Å². The molecule has 7 aliphatic rings. The molecule has 18 atom stereocenters. The number of ether oxygens (including phenoxy) is 4. The van der Waals surface area contributed by atoms with Crippen LogP contribution in [0.3, 0.4) is 0 Å². The molecule has 0 amide bonds. The predicted octanol–water partition coefficient (Wildman–Crippen LogP) is 0.895. The van der Waals surface area contributed by atoms with Crippen LogP contribution in [0, 0.1) is 46.8 Å². The van der Waals surface area contributed by atoms with Gasteiger partial charge in [-0.1, -0.05) is 27.7 Å². The van der Waals surface area contributed by atoms with E-state index in [0.717, 1.165) is 19.4 Å². The van der Waals surface area contributed by atoms with Gasteiger partial charge in [0.1, 0.15) is 23.9 Å². The molecule has 13 nitrogen and oxygen atoms in total. The summed E-state index contributed by atoms with van der Waals surface area (Å²) in [7, 11) is 0. The van der Waals surface area contributed by atoms with E-state index in [9.17, 15) is 39.9 Å². The van der Waals surface area contributed by atoms with Gasteiger partial charge in [-0.05, 0) is 63.2 Å². The summed E-state index contributed by atoms with van der Waals surface area (Å²) >= 11 is 0. The third-order valence-electron chi connectivity index (χ3n) is 14.6. The van der Waals surface area contributed by atoms with Gasteiger partial charge in [-0.15, -0.1) is 0 Å². The SMILES string of the molecule is CC[C@@H](C)C(=O)O[C@H]1[C@H](O)[C@H]2[C@@H](CN3C[C@@H](C)CC[C@H]3[C@@]2(C)O)[C@@H]2C[C@@]34O[C@]5(O)[C@@H]([C@@H](OC(C)=O)[C@@H](OC(C)=O)[C@H]3[C@@]21O)[C@]4(C)CC[C@@H]5O. The van der Waals surface area contributed by atoms with Crippen molar-refractivity contribution >= 4 is 17.9 Å². The highest BCUT2D eigenvalue weighted by atomic mass is 16.7. The van der Waals surface area contributed by atoms with Crippen molar-refractivity contribution in [3.8, 4) is 0 Å². The maximum atomic E-state index is 13.7. The van der Waals surface area contributed by atoms with E-state index < -0.39 is 112 Å². The number of piperidine rings is 2. The van der Waals surface area contributed by atoms with E-state index in [1.807, 2.05) is 13.8 Å². The Bertz CT molecular complexity index is 1390. The third-order valence-corrected chi connectivity index (χ3v) is 14.6. The second kappa shape index (κ2) is 11.3. The topological polar surface area (TPSA) is 193 Å². The minimum atomic E-state index is -2.23. The molecule has 3 heterocycles. The molecule has 0 aromatic heterocycles. The summed E-state index contributed by atoms with van der Waals surface area (Å²) in [6.45, 7) is 12.9. The number of carbonyl (C=O) groups excluding carboxylic acids is 3. The Morgan fingerprint density at radius 3 is 2.18 bits per heavy atom. The number of aliphatic hydroxyl groups excluding tert-OH is 2. The van der Waals surface area contributed by atoms with Crippen LogP contribution in [0.25, 0.3) is 0 Å². The molecule has 4 bridgehead atoms. The number of nitrogens with zero attached hydrogens (tertiary/aromatic N) is 1. The molecule has 0 aromatic rings. The Balaban J connectivity index is 1.47. The van der Waals surface area contributed by atoms with Gasteiger partial charge in [0.05, 0.1) is 35.1 Å². The molecular weight excluding hydrogens is 638 g/mol. The van der Waals surface area contributed by atoms with Gasteiger partial charge >= 0.3 is 17.9 Å². The lowest BCUT2D eigenvalue weighted by Crippen LogP contribution is -2.78. The first-order chi connectivity index (χ1) is 22.8. The van der Waals surface area contributed by atoms with Gasteiger partial charge in [-0.25, -0.2) is 0 Å². The molecule has 3 saturated heterocycles. The first-order valence-electron chi connectivity index (χ1n) is 18.3. The first kappa shape index (κ1) is 35.5. The van der Waals surface area contributed by atoms with Crippen molar-refractivity contribution in [3.63, 3.8) is 0 Å². The largest absolute Gasteiger partial charge is 0.458 e. The van der Waals surface area contributed by atoms with E-state index >= 15 is 0 Å². The smallest absolute Gasteiger partial charge is 0.309 e. The van der Waals surface area contributed by atoms with Gasteiger partial charge in [0.25, 0.3) is 0 Å². The lowest BCUT2D eigenvalue weighted by molar-refractivity contribution is -0.301. The molecule has 49 heavy (non-hydrogen) atoms. The monoisotopic (exact) mass is 693 g/mol. The minimum absolute atomic E-state index is 0.0934. The Kier molecular flexibility index (Phi) is 8.20. The van der Waals surface area contributed by atoms with E-state index in [-0.39, 0.29) is 18.9 Å². The van der Waals surface area contributed by atoms with Crippen molar-refractivity contribution < 1.29 is 58.9 Å². The highest BCUT2D eigenvalue weighted by Gasteiger charge is 2.89. The van der Waals surface area contributed by atoms with Gasteiger partial charge in [-0.2, -0.15) is 0 Å². The Hall–Kier alpha value is -1.87. The fourth-order valence-corrected chi connectivity index (χ4v) is 12.6. The van der Waals surface area contributed by atoms with Gasteiger partial charge in [-0.3, -0.25) is 19.3 Å². The number of aliphatic hydroxyl groups is 5. The summed E-state index contributed by atoms with van der Waals surface area (Å²) in [5.74, 6) is -8.98. The Labute approximate surface area is 287 Å². The second-order valence-corrected chi connectivity index (χ2v) is 17.2. The first-order valence-corrected chi connectivity index (χ1v) is 18.3. The summed E-state index contributed by atoms with van der Waals surface area (Å²) in [6, 6.07) is -0.264. The normalized spacial score (nSPS) is 54.9. The Morgan fingerprint density at radius 1 is 0.939 bits per heavy atom. The van der Waals surface area contributed by atoms with E-state index in [1.54, 1.807) is 13.8 Å². The fourth-order valence-electron chi connectivity index (χ4n) is 12.6. The molecular formula is C36H55NO12. The Morgan fingerprint density at radius 2 is 1.57 bits per heavy atom. The maximum absolute atomic E-state index is 13.7. The standard InChI is InChI=1S/C36H55NO12/c1-8-17(3)31(42)48-30-25(41)24-20(15-37-14-16(2)9-10-22(37)33(24,7)43)21-13-34-29(35(21,30)44)27(47-19(5)39)26(46-18(4)38)28-32(34,6)12-11-23(40)36(28,45)49-34/h16-17,20-30,40-41,43-45H,8-15H2,1-7H3/t16-,17+,20-,21-,22-,23-,24+,25+,26-,27+,28-,29+,30-,32-,33+,34+,35-,36-/m0/s1. The van der Waals surface area contributed by atoms with Gasteiger partial charge in [0, 0.05) is 44.3 Å². The summed E-state index contributed by atoms with van der Waals surface area (Å²) in [5.41, 5.74) is -6.08. The molecule has 13 heteroatoms.